The van der Waals surface area contributed by atoms with Crippen molar-refractivity contribution >= 4 is 5.91 Å². The molecule has 1 heterocycles. The van der Waals surface area contributed by atoms with Crippen LogP contribution in [-0.2, 0) is 4.79 Å². The number of carbonyl (C=O) groups excluding carboxylic acids is 1. The van der Waals surface area contributed by atoms with Gasteiger partial charge in [0.25, 0.3) is 0 Å². The van der Waals surface area contributed by atoms with Gasteiger partial charge in [-0.05, 0) is 43.4 Å². The Morgan fingerprint density at radius 3 is 2.56 bits per heavy atom. The van der Waals surface area contributed by atoms with E-state index < -0.39 is 0 Å². The summed E-state index contributed by atoms with van der Waals surface area (Å²) in [5.74, 6) is 1.56. The van der Waals surface area contributed by atoms with Crippen LogP contribution < -0.4 is 4.74 Å². The summed E-state index contributed by atoms with van der Waals surface area (Å²) in [6, 6.07) is 8.41. The van der Waals surface area contributed by atoms with Crippen molar-refractivity contribution in [2.45, 2.75) is 31.7 Å². The molecule has 2 fully saturated rings. The van der Waals surface area contributed by atoms with E-state index in [2.05, 4.69) is 17.0 Å². The van der Waals surface area contributed by atoms with Gasteiger partial charge in [-0.1, -0.05) is 12.1 Å². The van der Waals surface area contributed by atoms with Gasteiger partial charge in [-0.15, -0.1) is 0 Å². The average Bonchev–Trinajstić information content (AvgIpc) is 3.15. The average molecular weight is 245 g/mol. The molecule has 1 saturated carbocycles. The first-order valence-electron chi connectivity index (χ1n) is 6.74. The molecule has 2 aliphatic rings. The Kier molecular flexibility index (Phi) is 2.98. The van der Waals surface area contributed by atoms with Crippen molar-refractivity contribution in [3.8, 4) is 5.75 Å². The topological polar surface area (TPSA) is 29.5 Å². The van der Waals surface area contributed by atoms with Crippen LogP contribution >= 0.6 is 0 Å². The molecule has 1 aliphatic carbocycles. The summed E-state index contributed by atoms with van der Waals surface area (Å²) in [6.07, 6.45) is 4.38. The molecule has 0 spiro atoms. The predicted molar refractivity (Wildman–Crippen MR) is 69.4 cm³/mol. The largest absolute Gasteiger partial charge is 0.497 e. The number of nitrogens with zero attached hydrogens (tertiary/aromatic N) is 1. The van der Waals surface area contributed by atoms with Crippen LogP contribution in [-0.4, -0.2) is 24.5 Å². The van der Waals surface area contributed by atoms with Crippen LogP contribution in [0.3, 0.4) is 0 Å². The molecular weight excluding hydrogens is 226 g/mol. The first kappa shape index (κ1) is 11.6. The fourth-order valence-corrected chi connectivity index (χ4v) is 2.77. The third kappa shape index (κ3) is 2.09. The van der Waals surface area contributed by atoms with Gasteiger partial charge in [-0.25, -0.2) is 0 Å². The van der Waals surface area contributed by atoms with E-state index in [0.29, 0.717) is 11.8 Å². The van der Waals surface area contributed by atoms with E-state index in [9.17, 15) is 4.79 Å². The smallest absolute Gasteiger partial charge is 0.226 e. The Morgan fingerprint density at radius 1 is 1.22 bits per heavy atom. The van der Waals surface area contributed by atoms with Crippen LogP contribution in [0.5, 0.6) is 5.75 Å². The molecule has 1 aromatic rings. The van der Waals surface area contributed by atoms with Crippen molar-refractivity contribution in [2.24, 2.45) is 5.92 Å². The molecule has 0 aromatic heterocycles. The Hall–Kier alpha value is -1.51. The third-order valence-corrected chi connectivity index (χ3v) is 3.96. The summed E-state index contributed by atoms with van der Waals surface area (Å²) in [5.41, 5.74) is 1.24. The highest BCUT2D eigenvalue weighted by atomic mass is 16.5. The molecule has 96 valence electrons. The van der Waals surface area contributed by atoms with Crippen LogP contribution in [0.25, 0.3) is 0 Å². The lowest BCUT2D eigenvalue weighted by Crippen LogP contribution is -2.31. The monoisotopic (exact) mass is 245 g/mol. The number of methoxy groups -OCH3 is 1. The molecule has 1 atom stereocenters. The Balaban J connectivity index is 1.78. The van der Waals surface area contributed by atoms with Gasteiger partial charge in [0.2, 0.25) is 5.91 Å². The van der Waals surface area contributed by atoms with Gasteiger partial charge in [-0.3, -0.25) is 4.79 Å². The lowest BCUT2D eigenvalue weighted by molar-refractivity contribution is -0.133. The first-order chi connectivity index (χ1) is 8.79. The quantitative estimate of drug-likeness (QED) is 0.819. The van der Waals surface area contributed by atoms with E-state index in [1.807, 2.05) is 12.1 Å². The van der Waals surface area contributed by atoms with Gasteiger partial charge in [-0.2, -0.15) is 0 Å². The van der Waals surface area contributed by atoms with E-state index >= 15 is 0 Å². The molecule has 0 radical (unpaired) electrons. The number of hydrogen-bond acceptors (Lipinski definition) is 2. The maximum absolute atomic E-state index is 12.2. The van der Waals surface area contributed by atoms with E-state index in [-0.39, 0.29) is 6.04 Å². The van der Waals surface area contributed by atoms with Crippen molar-refractivity contribution in [3.63, 3.8) is 0 Å². The molecule has 0 bridgehead atoms. The second kappa shape index (κ2) is 4.63. The zero-order chi connectivity index (χ0) is 12.5. The highest BCUT2D eigenvalue weighted by Gasteiger charge is 2.38. The van der Waals surface area contributed by atoms with Crippen molar-refractivity contribution in [1.29, 1.82) is 0 Å². The summed E-state index contributed by atoms with van der Waals surface area (Å²) in [5, 5.41) is 0. The van der Waals surface area contributed by atoms with E-state index in [1.165, 1.54) is 5.56 Å². The van der Waals surface area contributed by atoms with Gasteiger partial charge in [0.05, 0.1) is 13.2 Å². The lowest BCUT2D eigenvalue weighted by atomic mass is 10.0. The number of hydrogen-bond donors (Lipinski definition) is 0. The Morgan fingerprint density at radius 2 is 1.94 bits per heavy atom. The molecule has 18 heavy (non-hydrogen) atoms. The standard InChI is InChI=1S/C15H19NO2/c1-18-13-8-6-11(7-9-13)14-3-2-10-16(14)15(17)12-4-5-12/h6-9,12,14H,2-5,10H2,1H3/t14-/m1/s1. The fraction of sp³-hybridized carbons (Fsp3) is 0.533. The molecule has 1 amide bonds. The molecular formula is C15H19NO2. The second-order valence-electron chi connectivity index (χ2n) is 5.24. The molecule has 1 saturated heterocycles. The van der Waals surface area contributed by atoms with E-state index in [1.54, 1.807) is 7.11 Å². The summed E-state index contributed by atoms with van der Waals surface area (Å²) in [4.78, 5) is 14.3. The highest BCUT2D eigenvalue weighted by molar-refractivity contribution is 5.81. The third-order valence-electron chi connectivity index (χ3n) is 3.96. The van der Waals surface area contributed by atoms with Crippen LogP contribution in [0.2, 0.25) is 0 Å². The van der Waals surface area contributed by atoms with Gasteiger partial charge in [0.1, 0.15) is 5.75 Å². The maximum atomic E-state index is 12.2. The zero-order valence-electron chi connectivity index (χ0n) is 10.8. The minimum absolute atomic E-state index is 0.281. The Labute approximate surface area is 108 Å². The van der Waals surface area contributed by atoms with Gasteiger partial charge >= 0.3 is 0 Å². The molecule has 3 heteroatoms. The predicted octanol–water partition coefficient (Wildman–Crippen LogP) is 2.77. The van der Waals surface area contributed by atoms with Crippen molar-refractivity contribution in [3.05, 3.63) is 29.8 Å². The summed E-state index contributed by atoms with van der Waals surface area (Å²) in [6.45, 7) is 0.923. The second-order valence-corrected chi connectivity index (χ2v) is 5.24. The number of likely N-dealkylation sites (tertiary alicyclic amines) is 1. The van der Waals surface area contributed by atoms with Gasteiger partial charge < -0.3 is 9.64 Å². The van der Waals surface area contributed by atoms with Gasteiger partial charge in [0.15, 0.2) is 0 Å². The molecule has 1 aromatic carbocycles. The first-order valence-corrected chi connectivity index (χ1v) is 6.74. The SMILES string of the molecule is COc1ccc([C@H]2CCCN2C(=O)C2CC2)cc1. The zero-order valence-corrected chi connectivity index (χ0v) is 10.8. The van der Waals surface area contributed by atoms with Crippen molar-refractivity contribution in [1.82, 2.24) is 4.90 Å². The minimum Gasteiger partial charge on any atom is -0.497 e. The van der Waals surface area contributed by atoms with Gasteiger partial charge in [0, 0.05) is 12.5 Å². The normalized spacial score (nSPS) is 23.2. The molecule has 1 aliphatic heterocycles. The number of rotatable bonds is 3. The Bertz CT molecular complexity index is 436. The van der Waals surface area contributed by atoms with Crippen LogP contribution in [0.4, 0.5) is 0 Å². The molecule has 0 N–H and O–H groups in total. The number of amides is 1. The fourth-order valence-electron chi connectivity index (χ4n) is 2.77. The lowest BCUT2D eigenvalue weighted by Gasteiger charge is -2.25. The number of benzene rings is 1. The maximum Gasteiger partial charge on any atom is 0.226 e. The van der Waals surface area contributed by atoms with E-state index in [0.717, 1.165) is 38.0 Å². The molecule has 0 unspecified atom stereocenters. The highest BCUT2D eigenvalue weighted by Crippen LogP contribution is 2.38. The van der Waals surface area contributed by atoms with Crippen LogP contribution in [0.15, 0.2) is 24.3 Å². The van der Waals surface area contributed by atoms with E-state index in [4.69, 9.17) is 4.74 Å². The summed E-state index contributed by atoms with van der Waals surface area (Å²) >= 11 is 0. The van der Waals surface area contributed by atoms with Crippen LogP contribution in [0.1, 0.15) is 37.3 Å². The van der Waals surface area contributed by atoms with Crippen molar-refractivity contribution < 1.29 is 9.53 Å². The molecule has 3 nitrogen and oxygen atoms in total. The summed E-state index contributed by atoms with van der Waals surface area (Å²) < 4.78 is 5.17. The van der Waals surface area contributed by atoms with Crippen LogP contribution in [0, 0.1) is 5.92 Å². The number of carbonyl (C=O) groups is 1. The molecule has 3 rings (SSSR count). The number of ether oxygens (including phenoxy) is 1. The summed E-state index contributed by atoms with van der Waals surface area (Å²) in [7, 11) is 1.67. The van der Waals surface area contributed by atoms with Crippen molar-refractivity contribution in [2.75, 3.05) is 13.7 Å². The minimum atomic E-state index is 0.281.